The fraction of sp³-hybridized carbons (Fsp3) is 0.421. The molecule has 0 spiro atoms. The molecule has 2 aromatic rings. The highest BCUT2D eigenvalue weighted by Crippen LogP contribution is 2.34. The number of rotatable bonds is 9. The summed E-state index contributed by atoms with van der Waals surface area (Å²) in [7, 11) is 0. The minimum absolute atomic E-state index is 0.0419. The molecule has 0 aliphatic carbocycles. The molecule has 0 fully saturated rings. The quantitative estimate of drug-likeness (QED) is 0.571. The van der Waals surface area contributed by atoms with Crippen molar-refractivity contribution in [2.24, 2.45) is 0 Å². The minimum atomic E-state index is -1.10. The maximum Gasteiger partial charge on any atom is 0.348 e. The van der Waals surface area contributed by atoms with Gasteiger partial charge in [-0.25, -0.2) is 14.4 Å². The van der Waals surface area contributed by atoms with Gasteiger partial charge in [-0.1, -0.05) is 6.92 Å². The highest BCUT2D eigenvalue weighted by molar-refractivity contribution is 7.18. The van der Waals surface area contributed by atoms with E-state index in [4.69, 9.17) is 14.6 Å². The second kappa shape index (κ2) is 10.0. The van der Waals surface area contributed by atoms with Crippen LogP contribution in [0.4, 0.5) is 5.00 Å². The monoisotopic (exact) mass is 437 g/mol. The fourth-order valence-corrected chi connectivity index (χ4v) is 3.54. The SMILES string of the molecule is CCCOC(=O)c1c(NC(=O)c2ccn(C(C)C(=O)O)n2)sc(C(=O)OCC)c1C. The topological polar surface area (TPSA) is 137 Å². The van der Waals surface area contributed by atoms with Crippen LogP contribution in [0.5, 0.6) is 0 Å². The van der Waals surface area contributed by atoms with E-state index in [1.807, 2.05) is 6.92 Å². The average molecular weight is 437 g/mol. The van der Waals surface area contributed by atoms with Gasteiger partial charge in [-0.15, -0.1) is 11.3 Å². The summed E-state index contributed by atoms with van der Waals surface area (Å²) in [5.74, 6) is -3.03. The number of ether oxygens (including phenoxy) is 2. The van der Waals surface area contributed by atoms with Crippen molar-refractivity contribution in [2.75, 3.05) is 18.5 Å². The number of aliphatic carboxylic acids is 1. The van der Waals surface area contributed by atoms with E-state index in [1.165, 1.54) is 19.2 Å². The summed E-state index contributed by atoms with van der Waals surface area (Å²) >= 11 is 0.901. The predicted octanol–water partition coefficient (Wildman–Crippen LogP) is 2.89. The molecule has 162 valence electrons. The van der Waals surface area contributed by atoms with Crippen molar-refractivity contribution in [2.45, 2.75) is 40.2 Å². The van der Waals surface area contributed by atoms with E-state index >= 15 is 0 Å². The molecule has 0 aromatic carbocycles. The molecule has 0 aliphatic rings. The number of thiophene rings is 1. The Morgan fingerprint density at radius 2 is 1.93 bits per heavy atom. The summed E-state index contributed by atoms with van der Waals surface area (Å²) in [6, 6.07) is 0.404. The largest absolute Gasteiger partial charge is 0.480 e. The first-order valence-corrected chi connectivity index (χ1v) is 10.1. The van der Waals surface area contributed by atoms with Crippen LogP contribution in [0.15, 0.2) is 12.3 Å². The van der Waals surface area contributed by atoms with Crippen molar-refractivity contribution in [3.05, 3.63) is 34.0 Å². The number of carbonyl (C=O) groups excluding carboxylic acids is 3. The number of esters is 2. The number of anilines is 1. The lowest BCUT2D eigenvalue weighted by atomic mass is 10.1. The van der Waals surface area contributed by atoms with Crippen LogP contribution < -0.4 is 5.32 Å². The second-order valence-electron chi connectivity index (χ2n) is 6.27. The van der Waals surface area contributed by atoms with Crippen LogP contribution in [0.25, 0.3) is 0 Å². The Balaban J connectivity index is 2.36. The zero-order valence-electron chi connectivity index (χ0n) is 17.1. The van der Waals surface area contributed by atoms with E-state index in [2.05, 4.69) is 10.4 Å². The molecule has 1 atom stereocenters. The number of hydrogen-bond donors (Lipinski definition) is 2. The zero-order valence-corrected chi connectivity index (χ0v) is 17.9. The van der Waals surface area contributed by atoms with Gasteiger partial charge in [0, 0.05) is 6.20 Å². The molecular formula is C19H23N3O7S. The van der Waals surface area contributed by atoms with Crippen molar-refractivity contribution in [1.29, 1.82) is 0 Å². The molecule has 0 saturated heterocycles. The normalized spacial score (nSPS) is 11.6. The molecule has 30 heavy (non-hydrogen) atoms. The number of nitrogens with one attached hydrogen (secondary N) is 1. The van der Waals surface area contributed by atoms with Crippen molar-refractivity contribution in [3.8, 4) is 0 Å². The number of carboxylic acids is 1. The summed E-state index contributed by atoms with van der Waals surface area (Å²) < 4.78 is 11.3. The molecule has 2 heterocycles. The predicted molar refractivity (Wildman–Crippen MR) is 108 cm³/mol. The Morgan fingerprint density at radius 3 is 2.53 bits per heavy atom. The van der Waals surface area contributed by atoms with Crippen LogP contribution in [0.2, 0.25) is 0 Å². The number of aromatic nitrogens is 2. The summed E-state index contributed by atoms with van der Waals surface area (Å²) in [5, 5.41) is 15.7. The third-order valence-electron chi connectivity index (χ3n) is 4.07. The summed E-state index contributed by atoms with van der Waals surface area (Å²) in [4.78, 5) is 48.6. The summed E-state index contributed by atoms with van der Waals surface area (Å²) in [5.41, 5.74) is 0.378. The van der Waals surface area contributed by atoms with E-state index in [9.17, 15) is 19.2 Å². The van der Waals surface area contributed by atoms with Gasteiger partial charge in [-0.3, -0.25) is 9.48 Å². The van der Waals surface area contributed by atoms with Crippen molar-refractivity contribution in [3.63, 3.8) is 0 Å². The Bertz CT molecular complexity index is 963. The van der Waals surface area contributed by atoms with Gasteiger partial charge >= 0.3 is 17.9 Å². The second-order valence-corrected chi connectivity index (χ2v) is 7.29. The average Bonchev–Trinajstić information content (AvgIpc) is 3.31. The number of carboxylic acid groups (broad SMARTS) is 1. The molecular weight excluding hydrogens is 414 g/mol. The third-order valence-corrected chi connectivity index (χ3v) is 5.26. The van der Waals surface area contributed by atoms with Crippen LogP contribution in [0.1, 0.15) is 69.3 Å². The van der Waals surface area contributed by atoms with Crippen LogP contribution in [0, 0.1) is 6.92 Å². The molecule has 10 nitrogen and oxygen atoms in total. The number of nitrogens with zero attached hydrogens (tertiary/aromatic N) is 2. The smallest absolute Gasteiger partial charge is 0.348 e. The van der Waals surface area contributed by atoms with E-state index in [-0.39, 0.29) is 34.3 Å². The molecule has 0 radical (unpaired) electrons. The Morgan fingerprint density at radius 1 is 1.23 bits per heavy atom. The summed E-state index contributed by atoms with van der Waals surface area (Å²) in [6.07, 6.45) is 1.98. The van der Waals surface area contributed by atoms with E-state index in [1.54, 1.807) is 13.8 Å². The lowest BCUT2D eigenvalue weighted by Gasteiger charge is -2.07. The zero-order chi connectivity index (χ0) is 22.4. The highest BCUT2D eigenvalue weighted by Gasteiger charge is 2.28. The van der Waals surface area contributed by atoms with Gasteiger partial charge in [0.1, 0.15) is 15.9 Å². The maximum atomic E-state index is 12.6. The van der Waals surface area contributed by atoms with Gasteiger partial charge < -0.3 is 19.9 Å². The van der Waals surface area contributed by atoms with E-state index < -0.39 is 29.9 Å². The fourth-order valence-electron chi connectivity index (χ4n) is 2.46. The van der Waals surface area contributed by atoms with Gasteiger partial charge in [-0.05, 0) is 38.8 Å². The van der Waals surface area contributed by atoms with Crippen LogP contribution in [-0.4, -0.2) is 51.9 Å². The lowest BCUT2D eigenvalue weighted by Crippen LogP contribution is -2.19. The summed E-state index contributed by atoms with van der Waals surface area (Å²) in [6.45, 7) is 6.85. The first kappa shape index (κ1) is 23.1. The van der Waals surface area contributed by atoms with Crippen molar-refractivity contribution < 1.29 is 33.8 Å². The number of amides is 1. The van der Waals surface area contributed by atoms with Crippen LogP contribution >= 0.6 is 11.3 Å². The molecule has 1 amide bonds. The van der Waals surface area contributed by atoms with Crippen LogP contribution in [0.3, 0.4) is 0 Å². The van der Waals surface area contributed by atoms with Crippen molar-refractivity contribution in [1.82, 2.24) is 9.78 Å². The Hall–Kier alpha value is -3.21. The molecule has 0 bridgehead atoms. The van der Waals surface area contributed by atoms with E-state index in [0.29, 0.717) is 12.0 Å². The molecule has 11 heteroatoms. The molecule has 2 N–H and O–H groups in total. The molecule has 1 unspecified atom stereocenters. The molecule has 0 aliphatic heterocycles. The Kier molecular flexibility index (Phi) is 7.70. The van der Waals surface area contributed by atoms with E-state index in [0.717, 1.165) is 16.0 Å². The standard InChI is InChI=1S/C19H23N3O7S/c1-5-9-29-18(26)13-10(3)14(19(27)28-6-2)30-16(13)20-15(23)12-7-8-22(21-12)11(4)17(24)25/h7-8,11H,5-6,9H2,1-4H3,(H,20,23)(H,24,25). The first-order valence-electron chi connectivity index (χ1n) is 9.28. The van der Waals surface area contributed by atoms with Gasteiger partial charge in [-0.2, -0.15) is 5.10 Å². The van der Waals surface area contributed by atoms with Gasteiger partial charge in [0.05, 0.1) is 18.8 Å². The first-order chi connectivity index (χ1) is 14.2. The van der Waals surface area contributed by atoms with Gasteiger partial charge in [0.2, 0.25) is 0 Å². The Labute approximate surface area is 176 Å². The third kappa shape index (κ3) is 5.03. The lowest BCUT2D eigenvalue weighted by molar-refractivity contribution is -0.140. The van der Waals surface area contributed by atoms with Crippen molar-refractivity contribution >= 4 is 40.2 Å². The highest BCUT2D eigenvalue weighted by atomic mass is 32.1. The number of carbonyl (C=O) groups is 4. The number of hydrogen-bond acceptors (Lipinski definition) is 8. The molecule has 0 saturated carbocycles. The van der Waals surface area contributed by atoms with Gasteiger partial charge in [0.15, 0.2) is 5.69 Å². The molecule has 2 aromatic heterocycles. The van der Waals surface area contributed by atoms with Crippen LogP contribution in [-0.2, 0) is 14.3 Å². The van der Waals surface area contributed by atoms with Gasteiger partial charge in [0.25, 0.3) is 5.91 Å². The maximum absolute atomic E-state index is 12.6. The molecule has 2 rings (SSSR count). The minimum Gasteiger partial charge on any atom is -0.480 e.